The number of hydrogen-bond donors (Lipinski definition) is 3. The summed E-state index contributed by atoms with van der Waals surface area (Å²) in [4.78, 5) is 23.6. The van der Waals surface area contributed by atoms with E-state index in [2.05, 4.69) is 14.8 Å². The fraction of sp³-hybridized carbons (Fsp3) is 0.591. The Morgan fingerprint density at radius 1 is 1.41 bits per heavy atom. The number of aromatic hydroxyl groups is 1. The van der Waals surface area contributed by atoms with Crippen molar-refractivity contribution in [2.75, 3.05) is 26.3 Å². The first kappa shape index (κ1) is 18.9. The first-order chi connectivity index (χ1) is 14.1. The van der Waals surface area contributed by atoms with Crippen LogP contribution in [0.3, 0.4) is 0 Å². The molecular weight excluding hydrogens is 372 g/mol. The van der Waals surface area contributed by atoms with Crippen LogP contribution in [0.15, 0.2) is 18.2 Å². The predicted molar refractivity (Wildman–Crippen MR) is 107 cm³/mol. The highest BCUT2D eigenvalue weighted by Gasteiger charge is 2.63. The summed E-state index contributed by atoms with van der Waals surface area (Å²) >= 11 is 0. The van der Waals surface area contributed by atoms with Gasteiger partial charge in [-0.1, -0.05) is 0 Å². The number of carbonyl (C=O) groups excluding carboxylic acids is 1. The minimum absolute atomic E-state index is 0.0319. The van der Waals surface area contributed by atoms with Crippen LogP contribution < -0.4 is 0 Å². The molecule has 1 aromatic heterocycles. The molecule has 4 heterocycles. The maximum Gasteiger partial charge on any atom is 0.355 e. The molecule has 0 radical (unpaired) electrons. The number of rotatable bonds is 5. The summed E-state index contributed by atoms with van der Waals surface area (Å²) in [5, 5.41) is 20.5. The molecule has 6 rings (SSSR count). The molecule has 5 atom stereocenters. The summed E-state index contributed by atoms with van der Waals surface area (Å²) in [6.07, 6.45) is 3.43. The maximum absolute atomic E-state index is 13.2. The lowest BCUT2D eigenvalue weighted by molar-refractivity contribution is -0.249. The molecule has 7 heteroatoms. The molecule has 2 saturated heterocycles. The lowest BCUT2D eigenvalue weighted by atomic mass is 9.56. The molecule has 3 fully saturated rings. The minimum atomic E-state index is -0.923. The van der Waals surface area contributed by atoms with Crippen molar-refractivity contribution in [2.24, 2.45) is 11.8 Å². The van der Waals surface area contributed by atoms with Crippen LogP contribution in [0.4, 0.5) is 0 Å². The lowest BCUT2D eigenvalue weighted by Gasteiger charge is -2.57. The molecule has 0 amide bonds. The number of piperidine rings is 2. The smallest absolute Gasteiger partial charge is 0.355 e. The first-order valence-corrected chi connectivity index (χ1v) is 10.6. The van der Waals surface area contributed by atoms with Crippen molar-refractivity contribution in [1.82, 2.24) is 9.88 Å². The highest BCUT2D eigenvalue weighted by Crippen LogP contribution is 2.55. The van der Waals surface area contributed by atoms with Gasteiger partial charge in [-0.3, -0.25) is 9.79 Å². The Hall–Kier alpha value is -2.09. The fourth-order valence-corrected chi connectivity index (χ4v) is 6.47. The van der Waals surface area contributed by atoms with Gasteiger partial charge in [0, 0.05) is 48.9 Å². The number of fused-ring (bicyclic) bond motifs is 4. The molecule has 4 bridgehead atoms. The van der Waals surface area contributed by atoms with Gasteiger partial charge in [-0.2, -0.15) is 5.26 Å². The Morgan fingerprint density at radius 2 is 2.28 bits per heavy atom. The molecule has 156 valence electrons. The van der Waals surface area contributed by atoms with Gasteiger partial charge in [-0.15, -0.1) is 0 Å². The summed E-state index contributed by atoms with van der Waals surface area (Å²) in [7, 11) is 0. The Bertz CT molecular complexity index is 941. The highest BCUT2D eigenvalue weighted by molar-refractivity contribution is 5.92. The number of nitrogens with zero attached hydrogens (tertiary/aromatic N) is 1. The van der Waals surface area contributed by atoms with E-state index in [1.54, 1.807) is 12.1 Å². The third kappa shape index (κ3) is 2.71. The van der Waals surface area contributed by atoms with Gasteiger partial charge in [0.25, 0.3) is 0 Å². The zero-order chi connectivity index (χ0) is 20.2. The zero-order valence-electron chi connectivity index (χ0n) is 16.7. The highest BCUT2D eigenvalue weighted by atomic mass is 17.1. The number of phenols is 1. The Morgan fingerprint density at radius 3 is 3.07 bits per heavy atom. The van der Waals surface area contributed by atoms with E-state index >= 15 is 0 Å². The molecule has 3 aliphatic heterocycles. The van der Waals surface area contributed by atoms with E-state index < -0.39 is 11.4 Å². The molecular formula is C22H28N2O5. The molecule has 1 saturated carbocycles. The Labute approximate surface area is 169 Å². The Balaban J connectivity index is 1.68. The second kappa shape index (κ2) is 7.00. The number of aromatic nitrogens is 1. The lowest BCUT2D eigenvalue weighted by Crippen LogP contribution is -2.67. The van der Waals surface area contributed by atoms with Crippen molar-refractivity contribution in [2.45, 2.75) is 44.1 Å². The quantitative estimate of drug-likeness (QED) is 0.406. The van der Waals surface area contributed by atoms with Gasteiger partial charge in [0.1, 0.15) is 11.2 Å². The van der Waals surface area contributed by atoms with Crippen LogP contribution in [0.5, 0.6) is 5.75 Å². The minimum Gasteiger partial charge on any atom is -0.508 e. The molecule has 3 N–H and O–H groups in total. The van der Waals surface area contributed by atoms with Crippen molar-refractivity contribution in [3.8, 4) is 5.75 Å². The van der Waals surface area contributed by atoms with Crippen LogP contribution in [0.1, 0.15) is 37.4 Å². The third-order valence-corrected chi connectivity index (χ3v) is 7.35. The van der Waals surface area contributed by atoms with Crippen LogP contribution in [0, 0.1) is 11.8 Å². The van der Waals surface area contributed by atoms with Crippen LogP contribution in [0.2, 0.25) is 0 Å². The number of benzene rings is 1. The second-order valence-electron chi connectivity index (χ2n) is 8.80. The number of aromatic amines is 1. The number of H-pyrrole nitrogens is 1. The molecule has 1 aliphatic carbocycles. The number of ether oxygens (including phenoxy) is 1. The zero-order valence-corrected chi connectivity index (χ0v) is 16.7. The SMILES string of the molecule is CCOCCC1CC2CN3CCc4c([nH]c5ccc(O)cc45)C(C(=O)OO)(C2)C13. The van der Waals surface area contributed by atoms with E-state index in [1.165, 1.54) is 0 Å². The van der Waals surface area contributed by atoms with Crippen molar-refractivity contribution < 1.29 is 24.8 Å². The maximum atomic E-state index is 13.2. The molecule has 4 aliphatic rings. The first-order valence-electron chi connectivity index (χ1n) is 10.6. The van der Waals surface area contributed by atoms with Crippen molar-refractivity contribution >= 4 is 16.9 Å². The van der Waals surface area contributed by atoms with Crippen molar-refractivity contribution in [1.29, 1.82) is 0 Å². The predicted octanol–water partition coefficient (Wildman–Crippen LogP) is 2.82. The van der Waals surface area contributed by atoms with Gasteiger partial charge in [-0.05, 0) is 68.2 Å². The molecule has 0 spiro atoms. The largest absolute Gasteiger partial charge is 0.508 e. The van der Waals surface area contributed by atoms with Gasteiger partial charge < -0.3 is 14.8 Å². The van der Waals surface area contributed by atoms with Crippen molar-refractivity contribution in [3.05, 3.63) is 29.5 Å². The fourth-order valence-electron chi connectivity index (χ4n) is 6.47. The van der Waals surface area contributed by atoms with Gasteiger partial charge in [0.2, 0.25) is 0 Å². The number of phenolic OH excluding ortho intramolecular Hbond substituents is 1. The average Bonchev–Trinajstić information content (AvgIpc) is 3.05. The summed E-state index contributed by atoms with van der Waals surface area (Å²) in [5.41, 5.74) is 1.89. The van der Waals surface area contributed by atoms with Gasteiger partial charge >= 0.3 is 5.97 Å². The van der Waals surface area contributed by atoms with Crippen molar-refractivity contribution in [3.63, 3.8) is 0 Å². The van der Waals surface area contributed by atoms with Crippen LogP contribution in [-0.2, 0) is 26.3 Å². The van der Waals surface area contributed by atoms with E-state index in [0.717, 1.165) is 54.5 Å². The summed E-state index contributed by atoms with van der Waals surface area (Å²) in [5.74, 6) is 0.314. The monoisotopic (exact) mass is 400 g/mol. The second-order valence-corrected chi connectivity index (χ2v) is 8.80. The van der Waals surface area contributed by atoms with E-state index in [1.807, 2.05) is 13.0 Å². The topological polar surface area (TPSA) is 95.0 Å². The molecule has 2 aromatic rings. The summed E-state index contributed by atoms with van der Waals surface area (Å²) in [6, 6.07) is 5.23. The normalized spacial score (nSPS) is 32.8. The van der Waals surface area contributed by atoms with Crippen LogP contribution >= 0.6 is 0 Å². The van der Waals surface area contributed by atoms with Gasteiger partial charge in [-0.25, -0.2) is 4.79 Å². The Kier molecular flexibility index (Phi) is 4.57. The summed E-state index contributed by atoms with van der Waals surface area (Å²) < 4.78 is 5.63. The van der Waals surface area contributed by atoms with E-state index in [0.29, 0.717) is 31.5 Å². The van der Waals surface area contributed by atoms with E-state index in [9.17, 15) is 15.2 Å². The average molecular weight is 400 g/mol. The van der Waals surface area contributed by atoms with Crippen LogP contribution in [-0.4, -0.2) is 58.6 Å². The van der Waals surface area contributed by atoms with Gasteiger partial charge in [0.15, 0.2) is 0 Å². The van der Waals surface area contributed by atoms with E-state index in [-0.39, 0.29) is 11.8 Å². The van der Waals surface area contributed by atoms with Crippen LogP contribution in [0.25, 0.3) is 10.9 Å². The van der Waals surface area contributed by atoms with Gasteiger partial charge in [0.05, 0.1) is 0 Å². The molecule has 29 heavy (non-hydrogen) atoms. The van der Waals surface area contributed by atoms with E-state index in [4.69, 9.17) is 4.74 Å². The molecule has 5 unspecified atom stereocenters. The number of hydrogen-bond acceptors (Lipinski definition) is 6. The molecule has 7 nitrogen and oxygen atoms in total. The number of carbonyl (C=O) groups is 1. The standard InChI is InChI=1S/C22H28N2O5/c1-2-28-8-6-14-9-13-11-22(21(26)29-27)19-16(5-7-24(12-13)20(14)22)17-10-15(25)3-4-18(17)23-19/h3-4,10,13-14,20,23,25,27H,2,5-9,11-12H2,1H3. The molecule has 1 aromatic carbocycles. The summed E-state index contributed by atoms with van der Waals surface area (Å²) in [6.45, 7) is 5.18. The third-order valence-electron chi connectivity index (χ3n) is 7.35. The number of nitrogens with one attached hydrogen (secondary N) is 1.